The van der Waals surface area contributed by atoms with Gasteiger partial charge in [0.05, 0.1) is 13.2 Å². The van der Waals surface area contributed by atoms with E-state index in [1.54, 1.807) is 7.11 Å². The van der Waals surface area contributed by atoms with Crippen molar-refractivity contribution in [1.82, 2.24) is 5.32 Å². The third-order valence-corrected chi connectivity index (χ3v) is 5.66. The first-order valence-electron chi connectivity index (χ1n) is 11.0. The quantitative estimate of drug-likeness (QED) is 0.269. The molecule has 33 heavy (non-hydrogen) atoms. The number of benzene rings is 4. The zero-order valence-electron chi connectivity index (χ0n) is 18.9. The summed E-state index contributed by atoms with van der Waals surface area (Å²) in [6, 6.07) is 35.4. The maximum absolute atomic E-state index is 13.7. The molecule has 1 atom stereocenters. The van der Waals surface area contributed by atoms with E-state index in [0.717, 1.165) is 33.6 Å². The number of ether oxygens (including phenoxy) is 1. The summed E-state index contributed by atoms with van der Waals surface area (Å²) in [6.45, 7) is 2.07. The van der Waals surface area contributed by atoms with Crippen LogP contribution in [0.4, 0.5) is 0 Å². The molecule has 1 N–H and O–H groups in total. The molecule has 4 aromatic carbocycles. The highest BCUT2D eigenvalue weighted by molar-refractivity contribution is 6.24. The molecule has 1 amide bonds. The fourth-order valence-electron chi connectivity index (χ4n) is 3.87. The van der Waals surface area contributed by atoms with Gasteiger partial charge in [-0.3, -0.25) is 4.79 Å². The highest BCUT2D eigenvalue weighted by atomic mass is 16.5. The van der Waals surface area contributed by atoms with Gasteiger partial charge in [-0.05, 0) is 52.9 Å². The lowest BCUT2D eigenvalue weighted by Crippen LogP contribution is -2.30. The number of hydrogen-bond acceptors (Lipinski definition) is 2. The minimum Gasteiger partial charge on any atom is -0.497 e. The van der Waals surface area contributed by atoms with Gasteiger partial charge < -0.3 is 10.1 Å². The van der Waals surface area contributed by atoms with Gasteiger partial charge in [0.1, 0.15) is 5.75 Å². The largest absolute Gasteiger partial charge is 0.497 e. The van der Waals surface area contributed by atoms with Crippen LogP contribution in [0.15, 0.2) is 109 Å². The average molecular weight is 434 g/mol. The Morgan fingerprint density at radius 3 is 2.03 bits per heavy atom. The predicted molar refractivity (Wildman–Crippen MR) is 135 cm³/mol. The molecule has 0 saturated heterocycles. The number of amides is 1. The third kappa shape index (κ3) is 5.39. The van der Waals surface area contributed by atoms with E-state index in [1.165, 1.54) is 0 Å². The van der Waals surface area contributed by atoms with Crippen molar-refractivity contribution >= 4 is 17.6 Å². The Balaban J connectivity index is 1.74. The van der Waals surface area contributed by atoms with Crippen LogP contribution in [0.5, 0.6) is 5.75 Å². The van der Waals surface area contributed by atoms with Crippen LogP contribution in [-0.2, 0) is 4.79 Å². The molecule has 4 aromatic rings. The molecule has 0 radical (unpaired) electrons. The Bertz CT molecular complexity index is 1230. The van der Waals surface area contributed by atoms with Crippen LogP contribution in [0.1, 0.15) is 33.9 Å². The Morgan fingerprint density at radius 1 is 0.788 bits per heavy atom. The lowest BCUT2D eigenvalue weighted by atomic mass is 9.94. The summed E-state index contributed by atoms with van der Waals surface area (Å²) in [5, 5.41) is 3.30. The van der Waals surface area contributed by atoms with Crippen LogP contribution < -0.4 is 10.1 Å². The Morgan fingerprint density at radius 2 is 1.39 bits per heavy atom. The van der Waals surface area contributed by atoms with Crippen molar-refractivity contribution in [2.75, 3.05) is 7.11 Å². The molecule has 0 fully saturated rings. The topological polar surface area (TPSA) is 38.3 Å². The van der Waals surface area contributed by atoms with E-state index in [1.807, 2.05) is 103 Å². The minimum absolute atomic E-state index is 0.130. The number of methoxy groups -OCH3 is 1. The second-order valence-corrected chi connectivity index (χ2v) is 7.87. The number of carbonyl (C=O) groups excluding carboxylic acids is 1. The molecule has 3 heteroatoms. The van der Waals surface area contributed by atoms with Gasteiger partial charge >= 0.3 is 0 Å². The molecule has 1 unspecified atom stereocenters. The van der Waals surface area contributed by atoms with Crippen molar-refractivity contribution in [2.45, 2.75) is 13.0 Å². The van der Waals surface area contributed by atoms with Crippen LogP contribution in [0, 0.1) is 6.92 Å². The summed E-state index contributed by atoms with van der Waals surface area (Å²) in [6.07, 6.45) is 1.92. The lowest BCUT2D eigenvalue weighted by molar-refractivity contribution is -0.116. The summed E-state index contributed by atoms with van der Waals surface area (Å²) < 4.78 is 5.27. The summed E-state index contributed by atoms with van der Waals surface area (Å²) in [4.78, 5) is 13.7. The van der Waals surface area contributed by atoms with Crippen molar-refractivity contribution in [2.24, 2.45) is 0 Å². The number of carbonyl (C=O) groups is 1. The molecular formula is C30H27NO2. The molecular weight excluding hydrogens is 406 g/mol. The number of rotatable bonds is 7. The molecule has 4 rings (SSSR count). The van der Waals surface area contributed by atoms with Gasteiger partial charge in [0, 0.05) is 5.57 Å². The zero-order chi connectivity index (χ0) is 23.0. The number of hydrogen-bond donors (Lipinski definition) is 1. The molecule has 0 aliphatic heterocycles. The van der Waals surface area contributed by atoms with E-state index in [0.29, 0.717) is 5.57 Å². The van der Waals surface area contributed by atoms with Crippen molar-refractivity contribution in [3.8, 4) is 5.75 Å². The fourth-order valence-corrected chi connectivity index (χ4v) is 3.87. The van der Waals surface area contributed by atoms with E-state index >= 15 is 0 Å². The second-order valence-electron chi connectivity index (χ2n) is 7.87. The highest BCUT2D eigenvalue weighted by Crippen LogP contribution is 2.27. The molecule has 0 aliphatic carbocycles. The van der Waals surface area contributed by atoms with E-state index in [9.17, 15) is 4.79 Å². The normalized spacial score (nSPS) is 12.1. The maximum Gasteiger partial charge on any atom is 0.252 e. The lowest BCUT2D eigenvalue weighted by Gasteiger charge is -2.22. The van der Waals surface area contributed by atoms with Crippen LogP contribution >= 0.6 is 0 Å². The molecule has 0 bridgehead atoms. The van der Waals surface area contributed by atoms with Gasteiger partial charge in [-0.1, -0.05) is 97.1 Å². The van der Waals surface area contributed by atoms with Crippen LogP contribution in [0.3, 0.4) is 0 Å². The van der Waals surface area contributed by atoms with Gasteiger partial charge in [-0.2, -0.15) is 0 Å². The van der Waals surface area contributed by atoms with E-state index < -0.39 is 0 Å². The second kappa shape index (κ2) is 10.5. The standard InChI is InChI=1S/C30H27NO2/c1-22-11-9-10-16-27(22)29(25-14-7-4-8-15-25)31-30(32)28(24-12-5-3-6-13-24)21-23-17-19-26(33-2)20-18-23/h3-21,29H,1-2H3,(H,31,32)/b28-21+. The predicted octanol–water partition coefficient (Wildman–Crippen LogP) is 6.45. The fraction of sp³-hybridized carbons (Fsp3) is 0.100. The molecule has 0 saturated carbocycles. The van der Waals surface area contributed by atoms with E-state index in [-0.39, 0.29) is 11.9 Å². The first kappa shape index (κ1) is 22.1. The zero-order valence-corrected chi connectivity index (χ0v) is 18.9. The summed E-state index contributed by atoms with van der Waals surface area (Å²) in [7, 11) is 1.64. The highest BCUT2D eigenvalue weighted by Gasteiger charge is 2.21. The van der Waals surface area contributed by atoms with Crippen LogP contribution in [-0.4, -0.2) is 13.0 Å². The number of aryl methyl sites for hydroxylation is 1. The Kier molecular flexibility index (Phi) is 7.01. The van der Waals surface area contributed by atoms with Crippen LogP contribution in [0.2, 0.25) is 0 Å². The molecule has 0 aliphatic rings. The average Bonchev–Trinajstić information content (AvgIpc) is 2.87. The van der Waals surface area contributed by atoms with Gasteiger partial charge in [0.25, 0.3) is 5.91 Å². The SMILES string of the molecule is COc1ccc(/C=C(/C(=O)NC(c2ccccc2)c2ccccc2C)c2ccccc2)cc1. The maximum atomic E-state index is 13.7. The Labute approximate surface area is 195 Å². The first-order valence-corrected chi connectivity index (χ1v) is 11.0. The molecule has 3 nitrogen and oxygen atoms in total. The van der Waals surface area contributed by atoms with E-state index in [2.05, 4.69) is 24.4 Å². The van der Waals surface area contributed by atoms with Crippen molar-refractivity contribution in [3.05, 3.63) is 137 Å². The molecule has 164 valence electrons. The number of nitrogens with one attached hydrogen (secondary N) is 1. The van der Waals surface area contributed by atoms with Gasteiger partial charge in [-0.25, -0.2) is 0 Å². The monoisotopic (exact) mass is 433 g/mol. The summed E-state index contributed by atoms with van der Waals surface area (Å²) in [5.74, 6) is 0.649. The molecule has 0 aromatic heterocycles. The van der Waals surface area contributed by atoms with Crippen molar-refractivity contribution in [1.29, 1.82) is 0 Å². The van der Waals surface area contributed by atoms with Gasteiger partial charge in [-0.15, -0.1) is 0 Å². The Hall–Kier alpha value is -4.11. The summed E-state index contributed by atoms with van der Waals surface area (Å²) in [5.41, 5.74) is 5.65. The van der Waals surface area contributed by atoms with Gasteiger partial charge in [0.15, 0.2) is 0 Å². The van der Waals surface area contributed by atoms with Gasteiger partial charge in [0.2, 0.25) is 0 Å². The van der Waals surface area contributed by atoms with Crippen LogP contribution in [0.25, 0.3) is 11.6 Å². The molecule has 0 spiro atoms. The van der Waals surface area contributed by atoms with Crippen molar-refractivity contribution < 1.29 is 9.53 Å². The summed E-state index contributed by atoms with van der Waals surface area (Å²) >= 11 is 0. The smallest absolute Gasteiger partial charge is 0.252 e. The van der Waals surface area contributed by atoms with E-state index in [4.69, 9.17) is 4.74 Å². The third-order valence-electron chi connectivity index (χ3n) is 5.66. The minimum atomic E-state index is -0.261. The molecule has 0 heterocycles. The first-order chi connectivity index (χ1) is 16.2. The van der Waals surface area contributed by atoms with Crippen molar-refractivity contribution in [3.63, 3.8) is 0 Å².